The number of ether oxygens (including phenoxy) is 2. The molecule has 0 atom stereocenters. The van der Waals surface area contributed by atoms with Crippen LogP contribution in [-0.2, 0) is 17.9 Å². The fourth-order valence-electron chi connectivity index (χ4n) is 3.28. The number of hydrogen-bond acceptors (Lipinski definition) is 6. The number of fused-ring (bicyclic) bond motifs is 1. The molecule has 0 aliphatic carbocycles. The first-order chi connectivity index (χ1) is 15.6. The number of rotatable bonds is 8. The molecule has 1 N–H and O–H groups in total. The summed E-state index contributed by atoms with van der Waals surface area (Å²) in [6, 6.07) is 16.2. The molecule has 0 unspecified atom stereocenters. The predicted octanol–water partition coefficient (Wildman–Crippen LogP) is 3.41. The van der Waals surface area contributed by atoms with E-state index < -0.39 is 0 Å². The molecule has 0 spiro atoms. The van der Waals surface area contributed by atoms with Gasteiger partial charge in [-0.3, -0.25) is 19.3 Å². The predicted molar refractivity (Wildman–Crippen MR) is 121 cm³/mol. The van der Waals surface area contributed by atoms with Crippen LogP contribution < -0.4 is 20.2 Å². The van der Waals surface area contributed by atoms with Crippen molar-refractivity contribution in [3.8, 4) is 11.5 Å². The van der Waals surface area contributed by atoms with Crippen LogP contribution >= 0.6 is 0 Å². The summed E-state index contributed by atoms with van der Waals surface area (Å²) in [7, 11) is 1.56. The van der Waals surface area contributed by atoms with Crippen molar-refractivity contribution in [3.05, 3.63) is 89.0 Å². The number of nitrogens with zero attached hydrogens (tertiary/aromatic N) is 3. The van der Waals surface area contributed by atoms with E-state index in [2.05, 4.69) is 15.4 Å². The van der Waals surface area contributed by atoms with Crippen molar-refractivity contribution in [3.63, 3.8) is 0 Å². The highest BCUT2D eigenvalue weighted by molar-refractivity contribution is 5.91. The Bertz CT molecular complexity index is 1290. The van der Waals surface area contributed by atoms with Gasteiger partial charge >= 0.3 is 0 Å². The molecule has 32 heavy (non-hydrogen) atoms. The van der Waals surface area contributed by atoms with E-state index in [0.717, 1.165) is 5.56 Å². The number of amides is 1. The lowest BCUT2D eigenvalue weighted by molar-refractivity contribution is -0.116. The minimum atomic E-state index is -0.182. The lowest BCUT2D eigenvalue weighted by atomic mass is 10.2. The summed E-state index contributed by atoms with van der Waals surface area (Å²) in [5, 5.41) is 7.61. The van der Waals surface area contributed by atoms with Crippen molar-refractivity contribution in [2.75, 3.05) is 12.4 Å². The molecule has 0 aliphatic rings. The number of aryl methyl sites for hydroxylation is 1. The van der Waals surface area contributed by atoms with E-state index in [1.165, 1.54) is 6.20 Å². The summed E-state index contributed by atoms with van der Waals surface area (Å²) in [6.45, 7) is 0.667. The third-order valence-electron chi connectivity index (χ3n) is 4.88. The molecule has 2 heterocycles. The third-order valence-corrected chi connectivity index (χ3v) is 4.88. The Morgan fingerprint density at radius 1 is 1.06 bits per heavy atom. The van der Waals surface area contributed by atoms with Gasteiger partial charge in [0.25, 0.3) is 0 Å². The van der Waals surface area contributed by atoms with Crippen LogP contribution in [0.25, 0.3) is 10.9 Å². The molecule has 4 rings (SSSR count). The molecular formula is C24H22N4O4. The van der Waals surface area contributed by atoms with E-state index in [9.17, 15) is 9.59 Å². The van der Waals surface area contributed by atoms with Crippen molar-refractivity contribution in [1.82, 2.24) is 14.8 Å². The van der Waals surface area contributed by atoms with Crippen molar-refractivity contribution in [1.29, 1.82) is 0 Å². The molecule has 0 saturated heterocycles. The van der Waals surface area contributed by atoms with Gasteiger partial charge < -0.3 is 14.8 Å². The fourth-order valence-corrected chi connectivity index (χ4v) is 3.28. The van der Waals surface area contributed by atoms with E-state index in [-0.39, 0.29) is 17.8 Å². The van der Waals surface area contributed by atoms with Crippen molar-refractivity contribution < 1.29 is 14.3 Å². The van der Waals surface area contributed by atoms with Gasteiger partial charge in [-0.2, -0.15) is 5.10 Å². The number of carbonyl (C=O) groups excluding carboxylic acids is 1. The second kappa shape index (κ2) is 9.74. The number of hydrogen-bond donors (Lipinski definition) is 1. The van der Waals surface area contributed by atoms with E-state index in [1.54, 1.807) is 54.5 Å². The van der Waals surface area contributed by atoms with Crippen LogP contribution in [0.15, 0.2) is 78.0 Å². The van der Waals surface area contributed by atoms with Gasteiger partial charge in [-0.05, 0) is 30.3 Å². The van der Waals surface area contributed by atoms with Gasteiger partial charge in [0.15, 0.2) is 11.5 Å². The topological polar surface area (TPSA) is 95.3 Å². The van der Waals surface area contributed by atoms with Crippen LogP contribution in [0.3, 0.4) is 0 Å². The Labute approximate surface area is 184 Å². The van der Waals surface area contributed by atoms with Crippen LogP contribution in [-0.4, -0.2) is 27.8 Å². The van der Waals surface area contributed by atoms with Gasteiger partial charge in [0, 0.05) is 41.5 Å². The van der Waals surface area contributed by atoms with Crippen molar-refractivity contribution >= 4 is 22.5 Å². The number of aromatic nitrogens is 3. The molecule has 0 fully saturated rings. The summed E-state index contributed by atoms with van der Waals surface area (Å²) < 4.78 is 12.9. The number of benzene rings is 2. The molecule has 0 radical (unpaired) electrons. The van der Waals surface area contributed by atoms with Crippen LogP contribution in [0.5, 0.6) is 11.5 Å². The van der Waals surface area contributed by atoms with Gasteiger partial charge in [0.2, 0.25) is 11.3 Å². The maximum absolute atomic E-state index is 12.5. The first kappa shape index (κ1) is 21.0. The van der Waals surface area contributed by atoms with Crippen molar-refractivity contribution in [2.45, 2.75) is 19.6 Å². The highest BCUT2D eigenvalue weighted by Crippen LogP contribution is 2.31. The zero-order valence-electron chi connectivity index (χ0n) is 17.5. The van der Waals surface area contributed by atoms with Crippen LogP contribution in [0.4, 0.5) is 5.69 Å². The van der Waals surface area contributed by atoms with E-state index in [4.69, 9.17) is 9.47 Å². The zero-order chi connectivity index (χ0) is 22.3. The SMILES string of the molecule is COc1ccc(NC(=O)CCn2ncc(=O)c3ccccc32)cc1OCc1cccnc1. The quantitative estimate of drug-likeness (QED) is 0.460. The van der Waals surface area contributed by atoms with Crippen LogP contribution in [0.2, 0.25) is 0 Å². The molecule has 2 aromatic carbocycles. The molecule has 2 aromatic heterocycles. The average molecular weight is 430 g/mol. The fraction of sp³-hybridized carbons (Fsp3) is 0.167. The molecule has 162 valence electrons. The Hall–Kier alpha value is -4.20. The maximum Gasteiger partial charge on any atom is 0.226 e. The average Bonchev–Trinajstić information content (AvgIpc) is 2.83. The Kier molecular flexibility index (Phi) is 6.41. The summed E-state index contributed by atoms with van der Waals surface area (Å²) >= 11 is 0. The minimum absolute atomic E-state index is 0.140. The minimum Gasteiger partial charge on any atom is -0.493 e. The normalized spacial score (nSPS) is 10.7. The molecule has 8 heteroatoms. The highest BCUT2D eigenvalue weighted by Gasteiger charge is 2.10. The van der Waals surface area contributed by atoms with Gasteiger partial charge in [0.05, 0.1) is 25.4 Å². The smallest absolute Gasteiger partial charge is 0.226 e. The second-order valence-electron chi connectivity index (χ2n) is 7.06. The van der Waals surface area contributed by atoms with Crippen LogP contribution in [0.1, 0.15) is 12.0 Å². The lowest BCUT2D eigenvalue weighted by Crippen LogP contribution is -2.18. The molecular weight excluding hydrogens is 408 g/mol. The molecule has 0 bridgehead atoms. The second-order valence-corrected chi connectivity index (χ2v) is 7.06. The van der Waals surface area contributed by atoms with Crippen molar-refractivity contribution in [2.24, 2.45) is 0 Å². The largest absolute Gasteiger partial charge is 0.493 e. The Morgan fingerprint density at radius 3 is 2.75 bits per heavy atom. The summed E-state index contributed by atoms with van der Waals surface area (Å²) in [4.78, 5) is 28.6. The lowest BCUT2D eigenvalue weighted by Gasteiger charge is -2.13. The first-order valence-electron chi connectivity index (χ1n) is 10.1. The van der Waals surface area contributed by atoms with E-state index >= 15 is 0 Å². The molecule has 4 aromatic rings. The van der Waals surface area contributed by atoms with Gasteiger partial charge in [0.1, 0.15) is 6.61 Å². The number of para-hydroxylation sites is 1. The zero-order valence-corrected chi connectivity index (χ0v) is 17.5. The maximum atomic E-state index is 12.5. The number of nitrogens with one attached hydrogen (secondary N) is 1. The molecule has 8 nitrogen and oxygen atoms in total. The van der Waals surface area contributed by atoms with Gasteiger partial charge in [-0.15, -0.1) is 0 Å². The molecule has 0 aliphatic heterocycles. The standard InChI is InChI=1S/C24H22N4O4/c1-31-22-9-8-18(13-23(22)32-16-17-5-4-11-25-14-17)27-24(30)10-12-28-20-7-3-2-6-19(20)21(29)15-26-28/h2-9,11,13-15H,10,12,16H2,1H3,(H,27,30). The summed E-state index contributed by atoms with van der Waals surface area (Å²) in [5.74, 6) is 0.899. The molecule has 0 saturated carbocycles. The van der Waals surface area contributed by atoms with E-state index in [1.807, 2.05) is 24.3 Å². The number of pyridine rings is 1. The number of anilines is 1. The Morgan fingerprint density at radius 2 is 1.94 bits per heavy atom. The van der Waals surface area contributed by atoms with Gasteiger partial charge in [-0.25, -0.2) is 0 Å². The van der Waals surface area contributed by atoms with Crippen LogP contribution in [0, 0.1) is 0 Å². The van der Waals surface area contributed by atoms with Gasteiger partial charge in [-0.1, -0.05) is 18.2 Å². The van der Waals surface area contributed by atoms with E-state index in [0.29, 0.717) is 41.2 Å². The summed E-state index contributed by atoms with van der Waals surface area (Å²) in [5.41, 5.74) is 2.07. The number of methoxy groups -OCH3 is 1. The Balaban J connectivity index is 1.42. The molecule has 1 amide bonds. The first-order valence-corrected chi connectivity index (χ1v) is 10.1. The monoisotopic (exact) mass is 430 g/mol. The third kappa shape index (κ3) is 4.92. The summed E-state index contributed by atoms with van der Waals surface area (Å²) in [6.07, 6.45) is 4.89. The number of carbonyl (C=O) groups is 1. The highest BCUT2D eigenvalue weighted by atomic mass is 16.5.